The molecule has 4 saturated heterocycles. The van der Waals surface area contributed by atoms with Gasteiger partial charge in [0.2, 0.25) is 21.8 Å². The third kappa shape index (κ3) is 5.71. The lowest BCUT2D eigenvalue weighted by atomic mass is 10.0. The number of imide groups is 1. The number of piperidine rings is 2. The first-order valence-electron chi connectivity index (χ1n) is 16.0. The average Bonchev–Trinajstić information content (AvgIpc) is 3.36. The molecule has 5 aliphatic heterocycles. The van der Waals surface area contributed by atoms with Gasteiger partial charge in [0.1, 0.15) is 6.04 Å². The number of nitrogens with zero attached hydrogens (tertiary/aromatic N) is 5. The van der Waals surface area contributed by atoms with Crippen LogP contribution in [0.15, 0.2) is 47.4 Å². The zero-order valence-corrected chi connectivity index (χ0v) is 26.5. The molecule has 240 valence electrons. The first kappa shape index (κ1) is 30.2. The fraction of sp³-hybridized carbons (Fsp3) is 0.531. The summed E-state index contributed by atoms with van der Waals surface area (Å²) in [5.74, 6) is -0.827. The van der Waals surface area contributed by atoms with Gasteiger partial charge < -0.3 is 20.0 Å². The van der Waals surface area contributed by atoms with Gasteiger partial charge in [-0.25, -0.2) is 8.42 Å². The molecule has 2 aromatic carbocycles. The predicted octanol–water partition coefficient (Wildman–Crippen LogP) is 0.831. The summed E-state index contributed by atoms with van der Waals surface area (Å²) in [4.78, 5) is 46.0. The summed E-state index contributed by atoms with van der Waals surface area (Å²) in [5.41, 5.74) is 3.59. The van der Waals surface area contributed by atoms with E-state index in [1.807, 2.05) is 37.4 Å². The summed E-state index contributed by atoms with van der Waals surface area (Å²) in [6.07, 6.45) is 2.26. The topological polar surface area (TPSA) is 126 Å². The highest BCUT2D eigenvalue weighted by Crippen LogP contribution is 2.33. The van der Waals surface area contributed by atoms with Gasteiger partial charge in [0.05, 0.1) is 4.90 Å². The number of sulfonamides is 1. The second kappa shape index (κ2) is 12.0. The maximum absolute atomic E-state index is 13.4. The summed E-state index contributed by atoms with van der Waals surface area (Å²) in [6, 6.07) is 13.5. The molecule has 3 amide bonds. The molecule has 12 nitrogen and oxygen atoms in total. The molecule has 1 atom stereocenters. The van der Waals surface area contributed by atoms with Crippen molar-refractivity contribution in [1.29, 1.82) is 0 Å². The molecule has 0 spiro atoms. The lowest BCUT2D eigenvalue weighted by Gasteiger charge is -2.49. The second-order valence-corrected chi connectivity index (χ2v) is 14.7. The van der Waals surface area contributed by atoms with Gasteiger partial charge in [-0.2, -0.15) is 4.31 Å². The summed E-state index contributed by atoms with van der Waals surface area (Å²) in [6.45, 7) is 6.77. The summed E-state index contributed by atoms with van der Waals surface area (Å²) in [7, 11) is -1.59. The van der Waals surface area contributed by atoms with E-state index in [-0.39, 0.29) is 18.2 Å². The number of rotatable bonds is 7. The SMILES string of the molecule is CNC1CCN(S(=O)(=O)c2cccc(N3CCN(C4CN(c5ccc6c(c5)CN(C5CCC(=O)NC5=O)C6=O)C4)CC3)c2)CC1. The van der Waals surface area contributed by atoms with Crippen LogP contribution in [0.25, 0.3) is 0 Å². The highest BCUT2D eigenvalue weighted by Gasteiger charge is 2.40. The Morgan fingerprint density at radius 2 is 1.58 bits per heavy atom. The van der Waals surface area contributed by atoms with E-state index in [4.69, 9.17) is 0 Å². The highest BCUT2D eigenvalue weighted by molar-refractivity contribution is 7.89. The molecule has 0 aliphatic carbocycles. The molecule has 7 rings (SSSR count). The molecule has 2 N–H and O–H groups in total. The molecular weight excluding hydrogens is 594 g/mol. The maximum atomic E-state index is 13.4. The van der Waals surface area contributed by atoms with E-state index < -0.39 is 22.0 Å². The first-order valence-corrected chi connectivity index (χ1v) is 17.4. The Kier molecular flexibility index (Phi) is 8.05. The number of nitrogens with one attached hydrogen (secondary N) is 2. The minimum Gasteiger partial charge on any atom is -0.369 e. The number of amides is 3. The van der Waals surface area contributed by atoms with Crippen LogP contribution in [-0.4, -0.2) is 118 Å². The van der Waals surface area contributed by atoms with Crippen LogP contribution in [0, 0.1) is 0 Å². The number of carbonyl (C=O) groups is 3. The van der Waals surface area contributed by atoms with Gasteiger partial charge in [-0.15, -0.1) is 0 Å². The molecule has 0 radical (unpaired) electrons. The molecule has 5 heterocycles. The van der Waals surface area contributed by atoms with E-state index in [0.717, 1.165) is 69.0 Å². The van der Waals surface area contributed by atoms with Crippen molar-refractivity contribution >= 4 is 39.1 Å². The van der Waals surface area contributed by atoms with E-state index in [1.54, 1.807) is 15.3 Å². The van der Waals surface area contributed by atoms with Crippen molar-refractivity contribution in [2.24, 2.45) is 0 Å². The quantitative estimate of drug-likeness (QED) is 0.426. The molecule has 5 aliphatic rings. The Morgan fingerprint density at radius 1 is 0.844 bits per heavy atom. The van der Waals surface area contributed by atoms with Gasteiger partial charge in [0, 0.05) is 94.3 Å². The molecule has 0 aromatic heterocycles. The van der Waals surface area contributed by atoms with Gasteiger partial charge in [-0.05, 0) is 68.3 Å². The zero-order valence-electron chi connectivity index (χ0n) is 25.7. The van der Waals surface area contributed by atoms with Crippen LogP contribution in [0.2, 0.25) is 0 Å². The normalized spacial score (nSPS) is 24.2. The zero-order chi connectivity index (χ0) is 31.3. The monoisotopic (exact) mass is 635 g/mol. The summed E-state index contributed by atoms with van der Waals surface area (Å²) < 4.78 is 28.4. The van der Waals surface area contributed by atoms with Crippen molar-refractivity contribution in [2.75, 3.05) is 69.2 Å². The van der Waals surface area contributed by atoms with Crippen LogP contribution in [0.3, 0.4) is 0 Å². The fourth-order valence-electron chi connectivity index (χ4n) is 7.37. The Bertz CT molecular complexity index is 1590. The molecule has 1 unspecified atom stereocenters. The van der Waals surface area contributed by atoms with Gasteiger partial charge in [0.25, 0.3) is 5.91 Å². The molecule has 45 heavy (non-hydrogen) atoms. The number of anilines is 2. The van der Waals surface area contributed by atoms with E-state index in [0.29, 0.717) is 48.6 Å². The number of fused-ring (bicyclic) bond motifs is 1. The number of hydrogen-bond donors (Lipinski definition) is 2. The van der Waals surface area contributed by atoms with Crippen molar-refractivity contribution in [3.63, 3.8) is 0 Å². The van der Waals surface area contributed by atoms with Gasteiger partial charge in [0.15, 0.2) is 0 Å². The number of carbonyl (C=O) groups excluding carboxylic acids is 3. The Morgan fingerprint density at radius 3 is 2.29 bits per heavy atom. The molecule has 2 aromatic rings. The second-order valence-electron chi connectivity index (χ2n) is 12.8. The molecule has 0 bridgehead atoms. The van der Waals surface area contributed by atoms with Crippen molar-refractivity contribution in [3.05, 3.63) is 53.6 Å². The van der Waals surface area contributed by atoms with Gasteiger partial charge in [-0.1, -0.05) is 6.07 Å². The van der Waals surface area contributed by atoms with Gasteiger partial charge >= 0.3 is 0 Å². The first-order chi connectivity index (χ1) is 21.7. The van der Waals surface area contributed by atoms with E-state index in [9.17, 15) is 22.8 Å². The minimum atomic E-state index is -3.52. The standard InChI is InChI=1S/C32H41N7O5S/c1-33-23-9-11-38(12-10-23)45(43,44)27-4-2-3-24(18-27)35-13-15-36(16-14-35)26-20-37(21-26)25-5-6-28-22(17-25)19-39(32(28)42)29-7-8-30(40)34-31(29)41/h2-6,17-18,23,26,29,33H,7-16,19-21H2,1H3,(H,34,40,41). The molecule has 4 fully saturated rings. The lowest BCUT2D eigenvalue weighted by Crippen LogP contribution is -2.63. The summed E-state index contributed by atoms with van der Waals surface area (Å²) in [5, 5.41) is 5.61. The number of benzene rings is 2. The minimum absolute atomic E-state index is 0.150. The van der Waals surface area contributed by atoms with Gasteiger partial charge in [-0.3, -0.25) is 24.6 Å². The third-order valence-corrected chi connectivity index (χ3v) is 12.1. The van der Waals surface area contributed by atoms with Crippen LogP contribution in [0.4, 0.5) is 11.4 Å². The Labute approximate surface area is 264 Å². The largest absolute Gasteiger partial charge is 0.369 e. The van der Waals surface area contributed by atoms with Crippen molar-refractivity contribution < 1.29 is 22.8 Å². The fourth-order valence-corrected chi connectivity index (χ4v) is 8.88. The highest BCUT2D eigenvalue weighted by atomic mass is 32.2. The smallest absolute Gasteiger partial charge is 0.255 e. The van der Waals surface area contributed by atoms with E-state index in [2.05, 4.69) is 31.4 Å². The van der Waals surface area contributed by atoms with Crippen LogP contribution in [0.1, 0.15) is 41.6 Å². The van der Waals surface area contributed by atoms with E-state index >= 15 is 0 Å². The Balaban J connectivity index is 0.921. The number of piperazine rings is 1. The third-order valence-electron chi connectivity index (χ3n) is 10.2. The van der Waals surface area contributed by atoms with Crippen LogP contribution in [-0.2, 0) is 26.2 Å². The predicted molar refractivity (Wildman–Crippen MR) is 170 cm³/mol. The average molecular weight is 636 g/mol. The van der Waals surface area contributed by atoms with Crippen LogP contribution in [0.5, 0.6) is 0 Å². The maximum Gasteiger partial charge on any atom is 0.255 e. The lowest BCUT2D eigenvalue weighted by molar-refractivity contribution is -0.136. The molecule has 13 heteroatoms. The van der Waals surface area contributed by atoms with E-state index in [1.165, 1.54) is 0 Å². The van der Waals surface area contributed by atoms with Crippen LogP contribution >= 0.6 is 0 Å². The van der Waals surface area contributed by atoms with Crippen LogP contribution < -0.4 is 20.4 Å². The van der Waals surface area contributed by atoms with Crippen molar-refractivity contribution in [2.45, 2.75) is 55.2 Å². The number of hydrogen-bond acceptors (Lipinski definition) is 9. The summed E-state index contributed by atoms with van der Waals surface area (Å²) >= 11 is 0. The van der Waals surface area contributed by atoms with Crippen molar-refractivity contribution in [3.8, 4) is 0 Å². The molecule has 0 saturated carbocycles. The molecular formula is C32H41N7O5S. The Hall–Kier alpha value is -3.52. The van der Waals surface area contributed by atoms with Crippen molar-refractivity contribution in [1.82, 2.24) is 24.7 Å².